The summed E-state index contributed by atoms with van der Waals surface area (Å²) in [6, 6.07) is 4.15. The molecule has 3 fully saturated rings. The summed E-state index contributed by atoms with van der Waals surface area (Å²) in [5.41, 5.74) is 0. The molecule has 8 heteroatoms. The molecule has 0 spiro atoms. The van der Waals surface area contributed by atoms with E-state index in [-0.39, 0.29) is 42.0 Å². The van der Waals surface area contributed by atoms with Crippen LogP contribution in [0.2, 0.25) is 0 Å². The molecule has 1 aromatic heterocycles. The number of rotatable bonds is 7. The molecule has 7 nitrogen and oxygen atoms in total. The van der Waals surface area contributed by atoms with E-state index in [0.29, 0.717) is 12.5 Å². The number of furan rings is 1. The smallest absolute Gasteiger partial charge is 0.225 e. The van der Waals surface area contributed by atoms with Crippen molar-refractivity contribution < 1.29 is 13.9 Å². The van der Waals surface area contributed by atoms with Crippen molar-refractivity contribution in [2.45, 2.75) is 76.4 Å². The highest BCUT2D eigenvalue weighted by Crippen LogP contribution is 2.26. The molecule has 1 aliphatic carbocycles. The van der Waals surface area contributed by atoms with Crippen molar-refractivity contribution in [3.8, 4) is 0 Å². The number of hydrogen-bond donors (Lipinski definition) is 2. The first-order chi connectivity index (χ1) is 15.3. The summed E-state index contributed by atoms with van der Waals surface area (Å²) in [4.78, 5) is 19.8. The van der Waals surface area contributed by atoms with Crippen molar-refractivity contribution in [1.82, 2.24) is 15.5 Å². The van der Waals surface area contributed by atoms with E-state index in [2.05, 4.69) is 15.5 Å². The lowest BCUT2D eigenvalue weighted by Gasteiger charge is -2.26. The molecule has 2 aliphatic heterocycles. The Morgan fingerprint density at radius 1 is 1.12 bits per heavy atom. The number of aliphatic imine (C=N–C) groups is 1. The summed E-state index contributed by atoms with van der Waals surface area (Å²) in [5.74, 6) is 2.39. The molecule has 3 heterocycles. The number of ether oxygens (including phenoxy) is 1. The van der Waals surface area contributed by atoms with Crippen molar-refractivity contribution in [1.29, 1.82) is 0 Å². The number of nitrogens with zero attached hydrogens (tertiary/aromatic N) is 2. The molecule has 0 bridgehead atoms. The fourth-order valence-electron chi connectivity index (χ4n) is 4.94. The van der Waals surface area contributed by atoms with Crippen LogP contribution < -0.4 is 10.6 Å². The SMILES string of the molecule is I.O=C(C1CCCCC1)N1CCC(NC(=NCC2CCCCO2)NCCc2ccco2)C1. The van der Waals surface area contributed by atoms with Crippen molar-refractivity contribution >= 4 is 35.8 Å². The largest absolute Gasteiger partial charge is 0.469 e. The highest BCUT2D eigenvalue weighted by molar-refractivity contribution is 14.0. The van der Waals surface area contributed by atoms with Crippen LogP contribution in [0.3, 0.4) is 0 Å². The van der Waals surface area contributed by atoms with Gasteiger partial charge in [0.15, 0.2) is 5.96 Å². The van der Waals surface area contributed by atoms with Crippen LogP contribution in [0.5, 0.6) is 0 Å². The Balaban J connectivity index is 0.00000289. The molecule has 2 N–H and O–H groups in total. The summed E-state index contributed by atoms with van der Waals surface area (Å²) in [6.07, 6.45) is 13.0. The molecule has 1 aromatic rings. The van der Waals surface area contributed by atoms with Gasteiger partial charge in [0.05, 0.1) is 18.9 Å². The molecular formula is C24H39IN4O3. The maximum Gasteiger partial charge on any atom is 0.225 e. The predicted molar refractivity (Wildman–Crippen MR) is 136 cm³/mol. The number of hydrogen-bond acceptors (Lipinski definition) is 4. The van der Waals surface area contributed by atoms with E-state index < -0.39 is 0 Å². The van der Waals surface area contributed by atoms with Crippen LogP contribution >= 0.6 is 24.0 Å². The lowest BCUT2D eigenvalue weighted by Crippen LogP contribution is -2.46. The third-order valence-corrected chi connectivity index (χ3v) is 6.77. The van der Waals surface area contributed by atoms with Gasteiger partial charge in [-0.05, 0) is 50.7 Å². The second-order valence-electron chi connectivity index (χ2n) is 9.18. The van der Waals surface area contributed by atoms with E-state index >= 15 is 0 Å². The summed E-state index contributed by atoms with van der Waals surface area (Å²) in [5, 5.41) is 7.03. The second-order valence-corrected chi connectivity index (χ2v) is 9.18. The summed E-state index contributed by atoms with van der Waals surface area (Å²) in [7, 11) is 0. The number of halogens is 1. The van der Waals surface area contributed by atoms with E-state index in [1.54, 1.807) is 6.26 Å². The van der Waals surface area contributed by atoms with Gasteiger partial charge in [0.1, 0.15) is 5.76 Å². The zero-order valence-corrected chi connectivity index (χ0v) is 21.4. The molecule has 1 amide bonds. The van der Waals surface area contributed by atoms with Gasteiger partial charge in [0.2, 0.25) is 5.91 Å². The summed E-state index contributed by atoms with van der Waals surface area (Å²) in [6.45, 7) is 3.89. The number of carbonyl (C=O) groups is 1. The van der Waals surface area contributed by atoms with Crippen molar-refractivity contribution in [3.05, 3.63) is 24.2 Å². The molecule has 2 unspecified atom stereocenters. The number of carbonyl (C=O) groups excluding carboxylic acids is 1. The zero-order chi connectivity index (χ0) is 21.3. The van der Waals surface area contributed by atoms with Crippen LogP contribution in [-0.2, 0) is 16.0 Å². The van der Waals surface area contributed by atoms with Crippen molar-refractivity contribution in [2.75, 3.05) is 32.8 Å². The first-order valence-corrected chi connectivity index (χ1v) is 12.3. The maximum atomic E-state index is 12.9. The van der Waals surface area contributed by atoms with Gasteiger partial charge in [-0.2, -0.15) is 0 Å². The molecule has 4 rings (SSSR count). The maximum absolute atomic E-state index is 12.9. The van der Waals surface area contributed by atoms with Gasteiger partial charge in [-0.3, -0.25) is 9.79 Å². The Morgan fingerprint density at radius 3 is 2.72 bits per heavy atom. The number of nitrogens with one attached hydrogen (secondary N) is 2. The van der Waals surface area contributed by atoms with Crippen molar-refractivity contribution in [3.63, 3.8) is 0 Å². The standard InChI is InChI=1S/C24H38N4O3.HI/c29-23(19-7-2-1-3-8-19)28-14-12-20(18-28)27-24(25-13-11-21-10-6-16-30-21)26-17-22-9-4-5-15-31-22;/h6,10,16,19-20,22H,1-5,7-9,11-15,17-18H2,(H2,25,26,27);1H. The molecule has 0 radical (unpaired) electrons. The zero-order valence-electron chi connectivity index (χ0n) is 19.1. The van der Waals surface area contributed by atoms with Gasteiger partial charge in [-0.25, -0.2) is 0 Å². The van der Waals surface area contributed by atoms with Crippen LogP contribution in [0.15, 0.2) is 27.8 Å². The minimum absolute atomic E-state index is 0. The molecule has 32 heavy (non-hydrogen) atoms. The van der Waals surface area contributed by atoms with E-state index in [1.807, 2.05) is 12.1 Å². The Kier molecular flexibility index (Phi) is 10.6. The van der Waals surface area contributed by atoms with Gasteiger partial charge in [-0.1, -0.05) is 19.3 Å². The average Bonchev–Trinajstić information content (AvgIpc) is 3.50. The third-order valence-electron chi connectivity index (χ3n) is 6.77. The Labute approximate surface area is 209 Å². The molecule has 180 valence electrons. The molecule has 2 saturated heterocycles. The molecule has 2 atom stereocenters. The summed E-state index contributed by atoms with van der Waals surface area (Å²) >= 11 is 0. The highest BCUT2D eigenvalue weighted by Gasteiger charge is 2.31. The fraction of sp³-hybridized carbons (Fsp3) is 0.750. The van der Waals surface area contributed by atoms with Crippen LogP contribution in [0.1, 0.15) is 63.5 Å². The Bertz CT molecular complexity index is 700. The first-order valence-electron chi connectivity index (χ1n) is 12.3. The molecule has 3 aliphatic rings. The second kappa shape index (κ2) is 13.4. The summed E-state index contributed by atoms with van der Waals surface area (Å²) < 4.78 is 11.3. The highest BCUT2D eigenvalue weighted by atomic mass is 127. The Hall–Kier alpha value is -1.29. The lowest BCUT2D eigenvalue weighted by molar-refractivity contribution is -0.135. The normalized spacial score (nSPS) is 24.8. The van der Waals surface area contributed by atoms with Crippen LogP contribution in [0.25, 0.3) is 0 Å². The van der Waals surface area contributed by atoms with Crippen LogP contribution in [0.4, 0.5) is 0 Å². The van der Waals surface area contributed by atoms with Gasteiger partial charge >= 0.3 is 0 Å². The van der Waals surface area contributed by atoms with E-state index in [0.717, 1.165) is 76.5 Å². The van der Waals surface area contributed by atoms with Gasteiger partial charge in [0.25, 0.3) is 0 Å². The topological polar surface area (TPSA) is 79.1 Å². The number of amides is 1. The lowest BCUT2D eigenvalue weighted by atomic mass is 9.88. The quantitative estimate of drug-likeness (QED) is 0.303. The minimum Gasteiger partial charge on any atom is -0.469 e. The predicted octanol–water partition coefficient (Wildman–Crippen LogP) is 3.73. The van der Waals surface area contributed by atoms with E-state index in [1.165, 1.54) is 25.7 Å². The number of likely N-dealkylation sites (tertiary alicyclic amines) is 1. The third kappa shape index (κ3) is 7.64. The molecule has 1 saturated carbocycles. The van der Waals surface area contributed by atoms with E-state index in [4.69, 9.17) is 14.1 Å². The van der Waals surface area contributed by atoms with Gasteiger partial charge in [0, 0.05) is 44.6 Å². The average molecular weight is 559 g/mol. The number of guanidine groups is 1. The first kappa shape index (κ1) is 25.3. The van der Waals surface area contributed by atoms with Gasteiger partial charge < -0.3 is 24.7 Å². The monoisotopic (exact) mass is 558 g/mol. The van der Waals surface area contributed by atoms with E-state index in [9.17, 15) is 4.79 Å². The van der Waals surface area contributed by atoms with Crippen LogP contribution in [-0.4, -0.2) is 61.7 Å². The van der Waals surface area contributed by atoms with Crippen LogP contribution in [0, 0.1) is 5.92 Å². The van der Waals surface area contributed by atoms with Crippen molar-refractivity contribution in [2.24, 2.45) is 10.9 Å². The van der Waals surface area contributed by atoms with Gasteiger partial charge in [-0.15, -0.1) is 24.0 Å². The fourth-order valence-corrected chi connectivity index (χ4v) is 4.94. The minimum atomic E-state index is 0. The Morgan fingerprint density at radius 2 is 1.97 bits per heavy atom. The molecular weight excluding hydrogens is 519 g/mol. The molecule has 0 aromatic carbocycles.